The van der Waals surface area contributed by atoms with Crippen molar-refractivity contribution in [2.24, 2.45) is 0 Å². The number of aliphatic hydroxyl groups is 1. The van der Waals surface area contributed by atoms with Gasteiger partial charge >= 0.3 is 11.7 Å². The molecule has 0 spiro atoms. The second kappa shape index (κ2) is 6.82. The fourth-order valence-electron chi connectivity index (χ4n) is 2.22. The van der Waals surface area contributed by atoms with Crippen molar-refractivity contribution in [1.29, 1.82) is 0 Å². The summed E-state index contributed by atoms with van der Waals surface area (Å²) in [6.45, 7) is 9.52. The van der Waals surface area contributed by atoms with Gasteiger partial charge in [-0.2, -0.15) is 0 Å². The number of urea groups is 1. The van der Waals surface area contributed by atoms with Gasteiger partial charge in [0.25, 0.3) is 0 Å². The Morgan fingerprint density at radius 2 is 2.07 bits per heavy atom. The molecule has 0 bridgehead atoms. The van der Waals surface area contributed by atoms with E-state index in [9.17, 15) is 14.7 Å². The highest BCUT2D eigenvalue weighted by molar-refractivity contribution is 7.22. The molecule has 9 heteroatoms. The van der Waals surface area contributed by atoms with E-state index >= 15 is 0 Å². The van der Waals surface area contributed by atoms with E-state index in [1.54, 1.807) is 13.1 Å². The Bertz CT molecular complexity index is 1090. The zero-order chi connectivity index (χ0) is 19.9. The smallest absolute Gasteiger partial charge is 0.347 e. The summed E-state index contributed by atoms with van der Waals surface area (Å²) in [5, 5.41) is 15.3. The van der Waals surface area contributed by atoms with Gasteiger partial charge in [0.05, 0.1) is 10.4 Å². The first-order valence-corrected chi connectivity index (χ1v) is 9.72. The molecule has 0 aromatic carbocycles. The fraction of sp³-hybridized carbons (Fsp3) is 0.278. The number of hydrogen-bond acceptors (Lipinski definition) is 7. The Morgan fingerprint density at radius 1 is 1.37 bits per heavy atom. The van der Waals surface area contributed by atoms with Crippen LogP contribution < -0.4 is 15.8 Å². The lowest BCUT2D eigenvalue weighted by Crippen LogP contribution is -2.30. The first-order valence-electron chi connectivity index (χ1n) is 8.03. The van der Waals surface area contributed by atoms with Gasteiger partial charge in [-0.25, -0.2) is 14.6 Å². The lowest BCUT2D eigenvalue weighted by atomic mass is 9.93. The van der Waals surface area contributed by atoms with Gasteiger partial charge in [0.2, 0.25) is 0 Å². The summed E-state index contributed by atoms with van der Waals surface area (Å²) < 4.78 is 5.81. The average molecular weight is 406 g/mol. The molecular weight excluding hydrogens is 386 g/mol. The van der Waals surface area contributed by atoms with Gasteiger partial charge in [0.15, 0.2) is 10.7 Å². The number of carbonyl (C=O) groups is 1. The minimum absolute atomic E-state index is 0.000463. The third-order valence-electron chi connectivity index (χ3n) is 3.84. The largest absolute Gasteiger partial charge is 0.508 e. The van der Waals surface area contributed by atoms with E-state index in [-0.39, 0.29) is 22.8 Å². The van der Waals surface area contributed by atoms with Crippen molar-refractivity contribution in [2.45, 2.75) is 26.2 Å². The number of hydrogen-bond donors (Lipinski definition) is 2. The van der Waals surface area contributed by atoms with Crippen LogP contribution in [0.3, 0.4) is 0 Å². The highest BCUT2D eigenvalue weighted by Gasteiger charge is 2.20. The monoisotopic (exact) mass is 405 g/mol. The number of anilines is 2. The summed E-state index contributed by atoms with van der Waals surface area (Å²) in [7, 11) is 1.61. The normalized spacial score (nSPS) is 11.6. The van der Waals surface area contributed by atoms with Crippen LogP contribution in [0.2, 0.25) is 0 Å². The topological polar surface area (TPSA) is 95.7 Å². The van der Waals surface area contributed by atoms with Crippen LogP contribution in [0, 0.1) is 0 Å². The number of amides is 2. The van der Waals surface area contributed by atoms with E-state index in [0.717, 1.165) is 5.69 Å². The molecule has 0 atom stereocenters. The predicted molar refractivity (Wildman–Crippen MR) is 110 cm³/mol. The third kappa shape index (κ3) is 3.88. The minimum atomic E-state index is -0.677. The summed E-state index contributed by atoms with van der Waals surface area (Å²) in [4.78, 5) is 30.2. The van der Waals surface area contributed by atoms with Crippen LogP contribution in [-0.4, -0.2) is 23.2 Å². The summed E-state index contributed by atoms with van der Waals surface area (Å²) in [5.41, 5.74) is 0.479. The number of carbonyl (C=O) groups excluding carboxylic acids is 1. The van der Waals surface area contributed by atoms with E-state index in [1.165, 1.54) is 33.6 Å². The molecule has 142 valence electrons. The molecule has 3 heterocycles. The molecule has 0 aliphatic heterocycles. The Labute approximate surface area is 163 Å². The molecule has 0 aliphatic rings. The molecule has 2 amide bonds. The lowest BCUT2D eigenvalue weighted by molar-refractivity contribution is 0.258. The zero-order valence-electron chi connectivity index (χ0n) is 15.3. The van der Waals surface area contributed by atoms with Crippen molar-refractivity contribution in [3.63, 3.8) is 0 Å². The lowest BCUT2D eigenvalue weighted by Gasteiger charge is -2.15. The van der Waals surface area contributed by atoms with Crippen LogP contribution in [0.5, 0.6) is 0 Å². The second-order valence-electron chi connectivity index (χ2n) is 6.98. The first kappa shape index (κ1) is 19.1. The minimum Gasteiger partial charge on any atom is -0.508 e. The summed E-state index contributed by atoms with van der Waals surface area (Å²) in [6.07, 6.45) is 0. The molecule has 3 rings (SSSR count). The maximum absolute atomic E-state index is 12.5. The van der Waals surface area contributed by atoms with Gasteiger partial charge in [0.1, 0.15) is 16.3 Å². The van der Waals surface area contributed by atoms with E-state index < -0.39 is 5.63 Å². The van der Waals surface area contributed by atoms with Gasteiger partial charge in [-0.3, -0.25) is 10.2 Å². The van der Waals surface area contributed by atoms with Crippen molar-refractivity contribution in [3.8, 4) is 0 Å². The Balaban J connectivity index is 1.83. The van der Waals surface area contributed by atoms with Gasteiger partial charge in [-0.1, -0.05) is 27.4 Å². The number of rotatable bonds is 3. The quantitative estimate of drug-likeness (QED) is 0.610. The molecule has 0 aliphatic carbocycles. The van der Waals surface area contributed by atoms with Crippen molar-refractivity contribution in [2.75, 3.05) is 17.3 Å². The van der Waals surface area contributed by atoms with Crippen molar-refractivity contribution in [3.05, 3.63) is 45.8 Å². The summed E-state index contributed by atoms with van der Waals surface area (Å²) >= 11 is 2.62. The van der Waals surface area contributed by atoms with E-state index in [2.05, 4.69) is 37.7 Å². The van der Waals surface area contributed by atoms with Gasteiger partial charge in [-0.05, 0) is 6.07 Å². The van der Waals surface area contributed by atoms with Gasteiger partial charge in [-0.15, -0.1) is 22.7 Å². The molecule has 0 saturated heterocycles. The Kier molecular flexibility index (Phi) is 4.83. The van der Waals surface area contributed by atoms with Crippen LogP contribution in [0.25, 0.3) is 16.0 Å². The average Bonchev–Trinajstić information content (AvgIpc) is 3.19. The fourth-order valence-corrected chi connectivity index (χ4v) is 4.13. The Hall–Kier alpha value is -2.65. The number of nitrogens with one attached hydrogen (secondary N) is 1. The molecule has 0 radical (unpaired) electrons. The molecule has 0 saturated carbocycles. The molecule has 0 fully saturated rings. The zero-order valence-corrected chi connectivity index (χ0v) is 17.0. The highest BCUT2D eigenvalue weighted by Crippen LogP contribution is 2.33. The molecule has 27 heavy (non-hydrogen) atoms. The number of thiophene rings is 1. The van der Waals surface area contributed by atoms with E-state index in [4.69, 9.17) is 4.42 Å². The summed E-state index contributed by atoms with van der Waals surface area (Å²) in [6, 6.07) is 2.75. The van der Waals surface area contributed by atoms with Crippen molar-refractivity contribution >= 4 is 54.9 Å². The number of aliphatic hydroxyl groups excluding tert-OH is 1. The summed E-state index contributed by atoms with van der Waals surface area (Å²) in [5.74, 6) is -0.356. The molecule has 3 aromatic heterocycles. The second-order valence-corrected chi connectivity index (χ2v) is 8.90. The van der Waals surface area contributed by atoms with Crippen LogP contribution >= 0.6 is 22.7 Å². The maximum Gasteiger partial charge on any atom is 0.347 e. The van der Waals surface area contributed by atoms with Crippen LogP contribution in [0.15, 0.2) is 33.3 Å². The molecular formula is C18H19N3O4S2. The van der Waals surface area contributed by atoms with Crippen LogP contribution in [0.1, 0.15) is 32.0 Å². The number of fused-ring (bicyclic) bond motifs is 1. The number of thiazole rings is 1. The maximum atomic E-state index is 12.5. The van der Waals surface area contributed by atoms with Gasteiger partial charge in [0, 0.05) is 23.9 Å². The molecule has 2 N–H and O–H groups in total. The van der Waals surface area contributed by atoms with E-state index in [0.29, 0.717) is 20.4 Å². The highest BCUT2D eigenvalue weighted by atomic mass is 32.1. The molecule has 7 nitrogen and oxygen atoms in total. The predicted octanol–water partition coefficient (Wildman–Crippen LogP) is 4.81. The number of aromatic nitrogens is 1. The standard InChI is InChI=1S/C18H19N3O4S2/c1-9(22)10-6-12-11(25-15(10)23)7-14(27-12)21(5)17(24)20-16-19-13(8-26-16)18(2,3)4/h6-8,22H,1H2,2-5H3,(H,19,20,24). The van der Waals surface area contributed by atoms with E-state index in [1.807, 2.05) is 5.38 Å². The van der Waals surface area contributed by atoms with Crippen molar-refractivity contribution < 1.29 is 14.3 Å². The van der Waals surface area contributed by atoms with Crippen molar-refractivity contribution in [1.82, 2.24) is 4.98 Å². The molecule has 3 aromatic rings. The number of nitrogens with zero attached hydrogens (tertiary/aromatic N) is 2. The van der Waals surface area contributed by atoms with Crippen LogP contribution in [-0.2, 0) is 5.41 Å². The van der Waals surface area contributed by atoms with Gasteiger partial charge < -0.3 is 9.52 Å². The molecule has 0 unspecified atom stereocenters. The van der Waals surface area contributed by atoms with Crippen LogP contribution in [0.4, 0.5) is 14.9 Å². The third-order valence-corrected chi connectivity index (χ3v) is 5.74. The first-order chi connectivity index (χ1) is 12.6. The Morgan fingerprint density at radius 3 is 2.67 bits per heavy atom. The SMILES string of the molecule is C=C(O)c1cc2sc(N(C)C(=O)Nc3nc(C(C)(C)C)cs3)cc2oc1=O.